The molecule has 0 aliphatic heterocycles. The van der Waals surface area contributed by atoms with Gasteiger partial charge < -0.3 is 9.84 Å². The van der Waals surface area contributed by atoms with Crippen molar-refractivity contribution in [2.24, 2.45) is 7.05 Å². The fourth-order valence-corrected chi connectivity index (χ4v) is 2.19. The number of aryl methyl sites for hydroxylation is 2. The molecule has 118 valence electrons. The number of aromatic nitrogens is 4. The number of benzene rings is 1. The van der Waals surface area contributed by atoms with Crippen LogP contribution >= 0.6 is 0 Å². The van der Waals surface area contributed by atoms with Gasteiger partial charge in [0.2, 0.25) is 5.82 Å². The van der Waals surface area contributed by atoms with Crippen molar-refractivity contribution in [3.05, 3.63) is 53.2 Å². The van der Waals surface area contributed by atoms with E-state index in [1.807, 2.05) is 37.3 Å². The van der Waals surface area contributed by atoms with E-state index in [4.69, 9.17) is 4.52 Å². The molecule has 7 heteroatoms. The zero-order valence-electron chi connectivity index (χ0n) is 13.2. The molecule has 0 radical (unpaired) electrons. The van der Waals surface area contributed by atoms with Crippen molar-refractivity contribution in [1.29, 1.82) is 0 Å². The molecule has 1 amide bonds. The highest BCUT2D eigenvalue weighted by Crippen LogP contribution is 2.25. The first-order valence-electron chi connectivity index (χ1n) is 7.22. The maximum Gasteiger partial charge on any atom is 0.291 e. The predicted octanol–water partition coefficient (Wildman–Crippen LogP) is 2.02. The second-order valence-corrected chi connectivity index (χ2v) is 5.24. The molecular formula is C16H17N5O2. The molecule has 0 saturated carbocycles. The predicted molar refractivity (Wildman–Crippen MR) is 83.6 cm³/mol. The Morgan fingerprint density at radius 2 is 2.00 bits per heavy atom. The van der Waals surface area contributed by atoms with Crippen LogP contribution in [0.1, 0.15) is 27.7 Å². The van der Waals surface area contributed by atoms with Gasteiger partial charge in [-0.15, -0.1) is 5.10 Å². The Kier molecular flexibility index (Phi) is 3.92. The molecule has 0 aliphatic carbocycles. The summed E-state index contributed by atoms with van der Waals surface area (Å²) in [6.07, 6.45) is 0. The number of carbonyl (C=O) groups excluding carboxylic acids is 1. The quantitative estimate of drug-likeness (QED) is 0.796. The molecule has 1 N–H and O–H groups in total. The van der Waals surface area contributed by atoms with E-state index in [1.54, 1.807) is 18.7 Å². The maximum atomic E-state index is 12.1. The minimum Gasteiger partial charge on any atom is -0.356 e. The van der Waals surface area contributed by atoms with Crippen LogP contribution in [0, 0.1) is 13.8 Å². The van der Waals surface area contributed by atoms with Gasteiger partial charge in [-0.3, -0.25) is 9.48 Å². The number of hydrogen-bond donors (Lipinski definition) is 1. The van der Waals surface area contributed by atoms with E-state index >= 15 is 0 Å². The number of nitrogens with one attached hydrogen (secondary N) is 1. The maximum absolute atomic E-state index is 12.1. The fourth-order valence-electron chi connectivity index (χ4n) is 2.19. The van der Waals surface area contributed by atoms with Gasteiger partial charge in [0, 0.05) is 18.2 Å². The molecule has 0 saturated heterocycles. The van der Waals surface area contributed by atoms with E-state index in [2.05, 4.69) is 20.6 Å². The largest absolute Gasteiger partial charge is 0.356 e. The summed E-state index contributed by atoms with van der Waals surface area (Å²) in [5, 5.41) is 10.9. The van der Waals surface area contributed by atoms with Crippen molar-refractivity contribution in [2.45, 2.75) is 20.4 Å². The standard InChI is InChI=1S/C16H17N5O2/c1-10-13(20-23-14(10)12-7-5-4-6-8-12)9-17-16(22)15-18-11(2)21(3)19-15/h4-8H,9H2,1-3H3,(H,17,22). The lowest BCUT2D eigenvalue weighted by Gasteiger charge is -2.00. The van der Waals surface area contributed by atoms with Crippen LogP contribution in [-0.2, 0) is 13.6 Å². The van der Waals surface area contributed by atoms with Gasteiger partial charge in [-0.1, -0.05) is 35.5 Å². The van der Waals surface area contributed by atoms with Gasteiger partial charge in [-0.25, -0.2) is 4.98 Å². The van der Waals surface area contributed by atoms with Gasteiger partial charge >= 0.3 is 0 Å². The normalized spacial score (nSPS) is 10.7. The second kappa shape index (κ2) is 6.04. The lowest BCUT2D eigenvalue weighted by Crippen LogP contribution is -2.24. The second-order valence-electron chi connectivity index (χ2n) is 5.24. The third kappa shape index (κ3) is 2.98. The molecule has 3 aromatic rings. The van der Waals surface area contributed by atoms with E-state index in [0.29, 0.717) is 17.3 Å². The van der Waals surface area contributed by atoms with Gasteiger partial charge in [0.05, 0.1) is 6.54 Å². The molecule has 2 heterocycles. The summed E-state index contributed by atoms with van der Waals surface area (Å²) in [6.45, 7) is 3.97. The van der Waals surface area contributed by atoms with E-state index < -0.39 is 0 Å². The van der Waals surface area contributed by atoms with Crippen LogP contribution in [0.25, 0.3) is 11.3 Å². The van der Waals surface area contributed by atoms with Gasteiger partial charge in [-0.2, -0.15) is 0 Å². The molecule has 3 rings (SSSR count). The van der Waals surface area contributed by atoms with Crippen LogP contribution in [0.4, 0.5) is 0 Å². The zero-order valence-corrected chi connectivity index (χ0v) is 13.2. The summed E-state index contributed by atoms with van der Waals surface area (Å²) in [5.74, 6) is 1.20. The van der Waals surface area contributed by atoms with Crippen molar-refractivity contribution < 1.29 is 9.32 Å². The lowest BCUT2D eigenvalue weighted by molar-refractivity contribution is 0.0939. The molecule has 2 aromatic heterocycles. The van der Waals surface area contributed by atoms with Crippen molar-refractivity contribution in [3.63, 3.8) is 0 Å². The van der Waals surface area contributed by atoms with Crippen molar-refractivity contribution >= 4 is 5.91 Å². The zero-order chi connectivity index (χ0) is 16.4. The monoisotopic (exact) mass is 311 g/mol. The van der Waals surface area contributed by atoms with Crippen LogP contribution < -0.4 is 5.32 Å². The molecule has 7 nitrogen and oxygen atoms in total. The van der Waals surface area contributed by atoms with Gasteiger partial charge in [0.25, 0.3) is 5.91 Å². The Morgan fingerprint density at radius 3 is 2.65 bits per heavy atom. The summed E-state index contributed by atoms with van der Waals surface area (Å²) in [6, 6.07) is 9.73. The first kappa shape index (κ1) is 15.0. The molecule has 0 spiro atoms. The number of rotatable bonds is 4. The Morgan fingerprint density at radius 1 is 1.26 bits per heavy atom. The highest BCUT2D eigenvalue weighted by molar-refractivity contribution is 5.90. The van der Waals surface area contributed by atoms with Crippen LogP contribution in [0.3, 0.4) is 0 Å². The number of amides is 1. The van der Waals surface area contributed by atoms with E-state index in [1.165, 1.54) is 0 Å². The highest BCUT2D eigenvalue weighted by atomic mass is 16.5. The summed E-state index contributed by atoms with van der Waals surface area (Å²) < 4.78 is 6.97. The van der Waals surface area contributed by atoms with Gasteiger partial charge in [0.15, 0.2) is 5.76 Å². The van der Waals surface area contributed by atoms with Crippen LogP contribution in [-0.4, -0.2) is 25.8 Å². The minimum absolute atomic E-state index is 0.148. The first-order valence-corrected chi connectivity index (χ1v) is 7.22. The lowest BCUT2D eigenvalue weighted by atomic mass is 10.1. The Balaban J connectivity index is 1.72. The third-order valence-corrected chi connectivity index (χ3v) is 3.66. The number of carbonyl (C=O) groups is 1. The van der Waals surface area contributed by atoms with Crippen LogP contribution in [0.2, 0.25) is 0 Å². The molecule has 0 fully saturated rings. The Hall–Kier alpha value is -2.96. The minimum atomic E-state index is -0.336. The molecule has 0 bridgehead atoms. The van der Waals surface area contributed by atoms with Crippen LogP contribution in [0.15, 0.2) is 34.9 Å². The van der Waals surface area contributed by atoms with Crippen LogP contribution in [0.5, 0.6) is 0 Å². The number of nitrogens with zero attached hydrogens (tertiary/aromatic N) is 4. The smallest absolute Gasteiger partial charge is 0.291 e. The number of hydrogen-bond acceptors (Lipinski definition) is 5. The molecule has 0 unspecified atom stereocenters. The third-order valence-electron chi connectivity index (χ3n) is 3.66. The molecule has 0 aliphatic rings. The van der Waals surface area contributed by atoms with Crippen molar-refractivity contribution in [2.75, 3.05) is 0 Å². The average Bonchev–Trinajstić information content (AvgIpc) is 3.09. The summed E-state index contributed by atoms with van der Waals surface area (Å²) in [7, 11) is 1.74. The SMILES string of the molecule is Cc1c(CNC(=O)c2nc(C)n(C)n2)noc1-c1ccccc1. The Labute approximate surface area is 133 Å². The Bertz CT molecular complexity index is 816. The molecule has 1 aromatic carbocycles. The van der Waals surface area contributed by atoms with E-state index in [-0.39, 0.29) is 18.3 Å². The molecule has 23 heavy (non-hydrogen) atoms. The summed E-state index contributed by atoms with van der Waals surface area (Å²) >= 11 is 0. The molecular weight excluding hydrogens is 294 g/mol. The van der Waals surface area contributed by atoms with Crippen molar-refractivity contribution in [1.82, 2.24) is 25.2 Å². The van der Waals surface area contributed by atoms with Gasteiger partial charge in [0.1, 0.15) is 11.5 Å². The molecule has 0 atom stereocenters. The summed E-state index contributed by atoms with van der Waals surface area (Å²) in [4.78, 5) is 16.2. The first-order chi connectivity index (χ1) is 11.1. The van der Waals surface area contributed by atoms with E-state index in [0.717, 1.165) is 11.1 Å². The van der Waals surface area contributed by atoms with E-state index in [9.17, 15) is 4.79 Å². The highest BCUT2D eigenvalue weighted by Gasteiger charge is 2.16. The average molecular weight is 311 g/mol. The fraction of sp³-hybridized carbons (Fsp3) is 0.250. The summed E-state index contributed by atoms with van der Waals surface area (Å²) in [5.41, 5.74) is 2.55. The van der Waals surface area contributed by atoms with Gasteiger partial charge in [-0.05, 0) is 13.8 Å². The topological polar surface area (TPSA) is 85.8 Å². The van der Waals surface area contributed by atoms with Crippen molar-refractivity contribution in [3.8, 4) is 11.3 Å².